The molecule has 3 N–H and O–H groups in total. The van der Waals surface area contributed by atoms with E-state index < -0.39 is 0 Å². The standard InChI is InChI=1S/C21H22ClN5/c1-14(2)19(22)20(27-21(23)24-13-25-27)26-15(3)16-9-11-18(12-10-16)17-7-5-4-6-8-17/h4-13,15,26H,1H2,2-3H3,(H2,23,24,25)/b20-19+. The molecule has 1 unspecified atom stereocenters. The molecular weight excluding hydrogens is 358 g/mol. The Balaban J connectivity index is 1.86. The number of hydrogen-bond acceptors (Lipinski definition) is 4. The van der Waals surface area contributed by atoms with Gasteiger partial charge >= 0.3 is 0 Å². The van der Waals surface area contributed by atoms with E-state index in [2.05, 4.69) is 58.4 Å². The van der Waals surface area contributed by atoms with Gasteiger partial charge in [0.15, 0.2) is 5.82 Å². The molecule has 27 heavy (non-hydrogen) atoms. The van der Waals surface area contributed by atoms with Crippen molar-refractivity contribution in [1.82, 2.24) is 20.1 Å². The Morgan fingerprint density at radius 3 is 2.30 bits per heavy atom. The average molecular weight is 380 g/mol. The molecule has 5 nitrogen and oxygen atoms in total. The summed E-state index contributed by atoms with van der Waals surface area (Å²) in [7, 11) is 0. The number of allylic oxidation sites excluding steroid dienone is 2. The lowest BCUT2D eigenvalue weighted by Gasteiger charge is -2.20. The number of nitrogens with two attached hydrogens (primary N) is 1. The highest BCUT2D eigenvalue weighted by atomic mass is 35.5. The highest BCUT2D eigenvalue weighted by molar-refractivity contribution is 6.34. The van der Waals surface area contributed by atoms with Crippen molar-refractivity contribution in [3.8, 4) is 11.1 Å². The maximum atomic E-state index is 6.46. The van der Waals surface area contributed by atoms with Crippen LogP contribution in [0.15, 0.2) is 78.1 Å². The third kappa shape index (κ3) is 4.20. The highest BCUT2D eigenvalue weighted by Gasteiger charge is 2.16. The van der Waals surface area contributed by atoms with E-state index in [9.17, 15) is 0 Å². The molecule has 0 saturated carbocycles. The summed E-state index contributed by atoms with van der Waals surface area (Å²) in [5.74, 6) is 0.808. The number of nitrogens with one attached hydrogen (secondary N) is 1. The van der Waals surface area contributed by atoms with Crippen LogP contribution in [0.3, 0.4) is 0 Å². The third-order valence-corrected chi connectivity index (χ3v) is 4.74. The van der Waals surface area contributed by atoms with E-state index in [1.807, 2.05) is 32.0 Å². The van der Waals surface area contributed by atoms with Crippen LogP contribution >= 0.6 is 11.6 Å². The number of rotatable bonds is 6. The molecular formula is C21H22ClN5. The summed E-state index contributed by atoms with van der Waals surface area (Å²) in [6, 6.07) is 18.6. The lowest BCUT2D eigenvalue weighted by Crippen LogP contribution is -2.24. The van der Waals surface area contributed by atoms with Crippen LogP contribution in [0.2, 0.25) is 0 Å². The lowest BCUT2D eigenvalue weighted by atomic mass is 10.0. The van der Waals surface area contributed by atoms with Crippen molar-refractivity contribution in [2.75, 3.05) is 5.73 Å². The zero-order chi connectivity index (χ0) is 19.4. The third-order valence-electron chi connectivity index (χ3n) is 4.24. The van der Waals surface area contributed by atoms with Gasteiger partial charge < -0.3 is 11.1 Å². The van der Waals surface area contributed by atoms with Gasteiger partial charge in [0.2, 0.25) is 5.95 Å². The number of nitrogen functional groups attached to an aromatic ring is 1. The SMILES string of the molecule is C=C(C)/C(Cl)=C(/NC(C)c1ccc(-c2ccccc2)cc1)n1ncnc1N. The number of halogens is 1. The van der Waals surface area contributed by atoms with Crippen LogP contribution in [0.5, 0.6) is 0 Å². The highest BCUT2D eigenvalue weighted by Crippen LogP contribution is 2.26. The first-order chi connectivity index (χ1) is 13.0. The zero-order valence-electron chi connectivity index (χ0n) is 15.4. The fraction of sp³-hybridized carbons (Fsp3) is 0.143. The van der Waals surface area contributed by atoms with Gasteiger partial charge in [-0.15, -0.1) is 0 Å². The van der Waals surface area contributed by atoms with Crippen molar-refractivity contribution in [2.24, 2.45) is 0 Å². The Labute approximate surface area is 164 Å². The summed E-state index contributed by atoms with van der Waals surface area (Å²) >= 11 is 6.46. The molecule has 138 valence electrons. The van der Waals surface area contributed by atoms with Gasteiger partial charge in [0.05, 0.1) is 5.03 Å². The minimum absolute atomic E-state index is 0.0264. The smallest absolute Gasteiger partial charge is 0.224 e. The van der Waals surface area contributed by atoms with E-state index in [-0.39, 0.29) is 12.0 Å². The van der Waals surface area contributed by atoms with Gasteiger partial charge in [-0.3, -0.25) is 0 Å². The molecule has 0 fully saturated rings. The van der Waals surface area contributed by atoms with E-state index >= 15 is 0 Å². The Kier molecular flexibility index (Phi) is 5.62. The van der Waals surface area contributed by atoms with Gasteiger partial charge in [-0.25, -0.2) is 0 Å². The minimum atomic E-state index is -0.0264. The molecule has 3 aromatic rings. The number of hydrogen-bond donors (Lipinski definition) is 2. The zero-order valence-corrected chi connectivity index (χ0v) is 16.1. The molecule has 2 aromatic carbocycles. The van der Waals surface area contributed by atoms with Crippen LogP contribution in [0.25, 0.3) is 16.9 Å². The van der Waals surface area contributed by atoms with E-state index in [0.717, 1.165) is 5.56 Å². The quantitative estimate of drug-likeness (QED) is 0.602. The van der Waals surface area contributed by atoms with Crippen molar-refractivity contribution in [1.29, 1.82) is 0 Å². The topological polar surface area (TPSA) is 68.8 Å². The summed E-state index contributed by atoms with van der Waals surface area (Å²) < 4.78 is 1.48. The summed E-state index contributed by atoms with van der Waals surface area (Å²) in [5, 5.41) is 8.00. The molecule has 1 atom stereocenters. The minimum Gasteiger partial charge on any atom is -0.368 e. The molecule has 0 amide bonds. The Morgan fingerprint density at radius 2 is 1.74 bits per heavy atom. The van der Waals surface area contributed by atoms with Gasteiger partial charge in [-0.2, -0.15) is 14.8 Å². The average Bonchev–Trinajstić information content (AvgIpc) is 3.11. The normalized spacial score (nSPS) is 13.0. The molecule has 0 spiro atoms. The number of anilines is 1. The molecule has 0 aliphatic rings. The van der Waals surface area contributed by atoms with Crippen LogP contribution in [0.4, 0.5) is 5.95 Å². The molecule has 0 radical (unpaired) electrons. The predicted octanol–water partition coefficient (Wildman–Crippen LogP) is 4.82. The fourth-order valence-corrected chi connectivity index (χ4v) is 2.86. The molecule has 0 aliphatic carbocycles. The molecule has 3 rings (SSSR count). The van der Waals surface area contributed by atoms with Crippen LogP contribution in [0.1, 0.15) is 25.5 Å². The van der Waals surface area contributed by atoms with Gasteiger partial charge in [0, 0.05) is 6.04 Å². The summed E-state index contributed by atoms with van der Waals surface area (Å²) in [6.45, 7) is 7.79. The summed E-state index contributed by atoms with van der Waals surface area (Å²) in [4.78, 5) is 3.97. The monoisotopic (exact) mass is 379 g/mol. The number of nitrogens with zero attached hydrogens (tertiary/aromatic N) is 3. The molecule has 6 heteroatoms. The first-order valence-corrected chi connectivity index (χ1v) is 8.98. The van der Waals surface area contributed by atoms with Gasteiger partial charge in [0.25, 0.3) is 0 Å². The second-order valence-electron chi connectivity index (χ2n) is 6.33. The Morgan fingerprint density at radius 1 is 1.11 bits per heavy atom. The molecule has 1 aromatic heterocycles. The Bertz CT molecular complexity index is 958. The number of benzene rings is 2. The largest absolute Gasteiger partial charge is 0.368 e. The van der Waals surface area contributed by atoms with Crippen LogP contribution < -0.4 is 11.1 Å². The predicted molar refractivity (Wildman–Crippen MR) is 112 cm³/mol. The van der Waals surface area contributed by atoms with Crippen LogP contribution in [-0.2, 0) is 0 Å². The van der Waals surface area contributed by atoms with Gasteiger partial charge in [-0.05, 0) is 36.1 Å². The van der Waals surface area contributed by atoms with E-state index in [0.29, 0.717) is 16.4 Å². The first kappa shape index (κ1) is 18.7. The van der Waals surface area contributed by atoms with Gasteiger partial charge in [0.1, 0.15) is 6.33 Å². The second-order valence-corrected chi connectivity index (χ2v) is 6.70. The molecule has 0 saturated heterocycles. The maximum Gasteiger partial charge on any atom is 0.224 e. The van der Waals surface area contributed by atoms with E-state index in [1.165, 1.54) is 22.1 Å². The van der Waals surface area contributed by atoms with Crippen LogP contribution in [-0.4, -0.2) is 14.8 Å². The van der Waals surface area contributed by atoms with Crippen molar-refractivity contribution in [3.05, 3.63) is 83.7 Å². The van der Waals surface area contributed by atoms with Crippen LogP contribution in [0, 0.1) is 0 Å². The fourth-order valence-electron chi connectivity index (χ4n) is 2.73. The van der Waals surface area contributed by atoms with Crippen molar-refractivity contribution in [2.45, 2.75) is 19.9 Å². The molecule has 0 aliphatic heterocycles. The van der Waals surface area contributed by atoms with Crippen molar-refractivity contribution in [3.63, 3.8) is 0 Å². The molecule has 0 bridgehead atoms. The molecule has 1 heterocycles. The maximum absolute atomic E-state index is 6.46. The second kappa shape index (κ2) is 8.10. The summed E-state index contributed by atoms with van der Waals surface area (Å²) in [5.41, 5.74) is 10.1. The van der Waals surface area contributed by atoms with Crippen molar-refractivity contribution >= 4 is 23.4 Å². The Hall–Kier alpha value is -3.05. The first-order valence-electron chi connectivity index (χ1n) is 8.61. The van der Waals surface area contributed by atoms with Crippen molar-refractivity contribution < 1.29 is 0 Å². The van der Waals surface area contributed by atoms with E-state index in [1.54, 1.807) is 0 Å². The summed E-state index contributed by atoms with van der Waals surface area (Å²) in [6.07, 6.45) is 1.39. The number of aromatic nitrogens is 3. The van der Waals surface area contributed by atoms with E-state index in [4.69, 9.17) is 17.3 Å². The van der Waals surface area contributed by atoms with Gasteiger partial charge in [-0.1, -0.05) is 72.8 Å². The lowest BCUT2D eigenvalue weighted by molar-refractivity contribution is 0.658.